The van der Waals surface area contributed by atoms with Gasteiger partial charge in [0.25, 0.3) is 0 Å². The van der Waals surface area contributed by atoms with Crippen LogP contribution in [0.15, 0.2) is 48.5 Å². The Morgan fingerprint density at radius 2 is 1.94 bits per heavy atom. The summed E-state index contributed by atoms with van der Waals surface area (Å²) in [5.41, 5.74) is 2.17. The minimum absolute atomic E-state index is 0.145. The Morgan fingerprint density at radius 3 is 2.68 bits per heavy atom. The largest absolute Gasteiger partial charge is 0.496 e. The molecular formula is C26H33NO7. The maximum atomic E-state index is 11.4. The fraction of sp³-hybridized carbons (Fsp3) is 0.500. The molecule has 2 heterocycles. The van der Waals surface area contributed by atoms with Gasteiger partial charge < -0.3 is 33.7 Å². The molecule has 2 saturated heterocycles. The summed E-state index contributed by atoms with van der Waals surface area (Å²) >= 11 is 0. The van der Waals surface area contributed by atoms with Gasteiger partial charge in [0.2, 0.25) is 0 Å². The van der Waals surface area contributed by atoms with Gasteiger partial charge in [0.05, 0.1) is 52.8 Å². The van der Waals surface area contributed by atoms with Gasteiger partial charge in [0.15, 0.2) is 0 Å². The van der Waals surface area contributed by atoms with E-state index in [0.29, 0.717) is 39.5 Å². The topological polar surface area (TPSA) is 90.0 Å². The van der Waals surface area contributed by atoms with E-state index in [4.69, 9.17) is 23.7 Å². The Bertz CT molecular complexity index is 916. The number of rotatable bonds is 12. The third-order valence-electron chi connectivity index (χ3n) is 6.19. The third-order valence-corrected chi connectivity index (χ3v) is 6.19. The van der Waals surface area contributed by atoms with E-state index in [0.717, 1.165) is 42.1 Å². The van der Waals surface area contributed by atoms with Crippen molar-refractivity contribution in [3.05, 3.63) is 59.7 Å². The van der Waals surface area contributed by atoms with Gasteiger partial charge in [-0.05, 0) is 30.2 Å². The predicted octanol–water partition coefficient (Wildman–Crippen LogP) is 3.93. The highest BCUT2D eigenvalue weighted by molar-refractivity contribution is 5.65. The minimum Gasteiger partial charge on any atom is -0.496 e. The lowest BCUT2D eigenvalue weighted by Gasteiger charge is -2.37. The maximum absolute atomic E-state index is 11.4. The molecule has 8 heteroatoms. The van der Waals surface area contributed by atoms with E-state index in [1.165, 1.54) is 4.90 Å². The lowest BCUT2D eigenvalue weighted by Crippen LogP contribution is -2.46. The number of nitrogens with zero attached hydrogens (tertiary/aromatic N) is 1. The van der Waals surface area contributed by atoms with Crippen molar-refractivity contribution in [2.24, 2.45) is 0 Å². The molecule has 2 aliphatic heterocycles. The molecule has 1 amide bonds. The Kier molecular flexibility index (Phi) is 8.62. The van der Waals surface area contributed by atoms with Gasteiger partial charge in [-0.1, -0.05) is 30.3 Å². The highest BCUT2D eigenvalue weighted by Gasteiger charge is 2.35. The fourth-order valence-electron chi connectivity index (χ4n) is 4.20. The van der Waals surface area contributed by atoms with Gasteiger partial charge in [0.1, 0.15) is 17.6 Å². The molecule has 0 saturated carbocycles. The number of benzene rings is 2. The molecule has 0 radical (unpaired) electrons. The van der Waals surface area contributed by atoms with Gasteiger partial charge in [-0.15, -0.1) is 0 Å². The molecule has 8 nitrogen and oxygen atoms in total. The fourth-order valence-corrected chi connectivity index (χ4v) is 4.20. The first-order chi connectivity index (χ1) is 16.6. The second-order valence-electron chi connectivity index (χ2n) is 8.59. The maximum Gasteiger partial charge on any atom is 0.407 e. The van der Waals surface area contributed by atoms with Crippen LogP contribution in [-0.4, -0.2) is 74.9 Å². The van der Waals surface area contributed by atoms with Crippen molar-refractivity contribution in [1.29, 1.82) is 0 Å². The van der Waals surface area contributed by atoms with Gasteiger partial charge in [-0.25, -0.2) is 4.79 Å². The molecule has 0 aliphatic carbocycles. The van der Waals surface area contributed by atoms with Crippen LogP contribution in [0.1, 0.15) is 29.9 Å². The summed E-state index contributed by atoms with van der Waals surface area (Å²) in [6, 6.07) is 15.9. The van der Waals surface area contributed by atoms with Crippen molar-refractivity contribution >= 4 is 6.09 Å². The molecule has 2 aromatic carbocycles. The first-order valence-corrected chi connectivity index (χ1v) is 11.8. The molecule has 4 rings (SSSR count). The van der Waals surface area contributed by atoms with Crippen LogP contribution >= 0.6 is 0 Å². The molecule has 34 heavy (non-hydrogen) atoms. The smallest absolute Gasteiger partial charge is 0.407 e. The molecule has 2 aromatic rings. The van der Waals surface area contributed by atoms with Gasteiger partial charge in [-0.2, -0.15) is 0 Å². The quantitative estimate of drug-likeness (QED) is 0.371. The molecule has 0 spiro atoms. The van der Waals surface area contributed by atoms with Gasteiger partial charge in [0, 0.05) is 24.4 Å². The third kappa shape index (κ3) is 6.85. The van der Waals surface area contributed by atoms with Crippen LogP contribution in [0.2, 0.25) is 0 Å². The van der Waals surface area contributed by atoms with E-state index in [2.05, 4.69) is 12.1 Å². The van der Waals surface area contributed by atoms with Gasteiger partial charge >= 0.3 is 6.09 Å². The van der Waals surface area contributed by atoms with Crippen LogP contribution in [0, 0.1) is 0 Å². The normalized spacial score (nSPS) is 21.8. The zero-order chi connectivity index (χ0) is 23.8. The lowest BCUT2D eigenvalue weighted by atomic mass is 9.87. The van der Waals surface area contributed by atoms with Crippen LogP contribution in [0.25, 0.3) is 0 Å². The first-order valence-electron chi connectivity index (χ1n) is 11.8. The lowest BCUT2D eigenvalue weighted by molar-refractivity contribution is -0.0163. The molecule has 3 atom stereocenters. The molecule has 3 unspecified atom stereocenters. The van der Waals surface area contributed by atoms with Crippen LogP contribution in [-0.2, 0) is 20.8 Å². The summed E-state index contributed by atoms with van der Waals surface area (Å²) in [5.74, 6) is 1.79. The van der Waals surface area contributed by atoms with Crippen molar-refractivity contribution in [1.82, 2.24) is 4.90 Å². The summed E-state index contributed by atoms with van der Waals surface area (Å²) in [6.45, 7) is 3.78. The summed E-state index contributed by atoms with van der Waals surface area (Å²) < 4.78 is 28.2. The van der Waals surface area contributed by atoms with Crippen molar-refractivity contribution in [3.63, 3.8) is 0 Å². The average Bonchev–Trinajstić information content (AvgIpc) is 3.70. The molecular weight excluding hydrogens is 438 g/mol. The number of amides is 1. The SMILES string of the molecule is COc1ccccc1COCCCOc1ccc(C2CCN(C(=O)O)CC2OCC2CO2)cc1. The van der Waals surface area contributed by atoms with Crippen molar-refractivity contribution < 1.29 is 33.6 Å². The van der Waals surface area contributed by atoms with E-state index in [9.17, 15) is 9.90 Å². The molecule has 184 valence electrons. The van der Waals surface area contributed by atoms with Crippen LogP contribution < -0.4 is 9.47 Å². The van der Waals surface area contributed by atoms with E-state index in [1.807, 2.05) is 36.4 Å². The number of carbonyl (C=O) groups is 1. The number of methoxy groups -OCH3 is 1. The second-order valence-corrected chi connectivity index (χ2v) is 8.59. The standard InChI is InChI=1S/C26H33NO7/c1-30-24-6-3-2-5-20(24)16-31-13-4-14-32-21-9-7-19(8-10-21)23-11-12-27(26(28)29)15-25(23)34-18-22-17-33-22/h2-3,5-10,22-23,25H,4,11-18H2,1H3,(H,28,29). The van der Waals surface area contributed by atoms with Crippen LogP contribution in [0.3, 0.4) is 0 Å². The number of hydrogen-bond acceptors (Lipinski definition) is 6. The van der Waals surface area contributed by atoms with E-state index >= 15 is 0 Å². The Balaban J connectivity index is 1.21. The Morgan fingerprint density at radius 1 is 1.15 bits per heavy atom. The Labute approximate surface area is 200 Å². The second kappa shape index (κ2) is 12.1. The number of likely N-dealkylation sites (tertiary alicyclic amines) is 1. The summed E-state index contributed by atoms with van der Waals surface area (Å²) in [5, 5.41) is 9.37. The monoisotopic (exact) mass is 471 g/mol. The van der Waals surface area contributed by atoms with Crippen molar-refractivity contribution in [2.75, 3.05) is 46.6 Å². The van der Waals surface area contributed by atoms with E-state index in [1.54, 1.807) is 7.11 Å². The van der Waals surface area contributed by atoms with Crippen molar-refractivity contribution in [3.8, 4) is 11.5 Å². The summed E-state index contributed by atoms with van der Waals surface area (Å²) in [4.78, 5) is 12.9. The number of para-hydroxylation sites is 1. The summed E-state index contributed by atoms with van der Waals surface area (Å²) in [7, 11) is 1.66. The molecule has 1 N–H and O–H groups in total. The van der Waals surface area contributed by atoms with E-state index in [-0.39, 0.29) is 18.1 Å². The minimum atomic E-state index is -0.898. The zero-order valence-electron chi connectivity index (χ0n) is 19.6. The number of carboxylic acid groups (broad SMARTS) is 1. The van der Waals surface area contributed by atoms with Crippen molar-refractivity contribution in [2.45, 2.75) is 37.6 Å². The highest BCUT2D eigenvalue weighted by Crippen LogP contribution is 2.32. The van der Waals surface area contributed by atoms with Gasteiger partial charge in [-0.3, -0.25) is 0 Å². The zero-order valence-corrected chi connectivity index (χ0v) is 19.6. The number of hydrogen-bond donors (Lipinski definition) is 1. The highest BCUT2D eigenvalue weighted by atomic mass is 16.6. The molecule has 2 aliphatic rings. The van der Waals surface area contributed by atoms with Crippen LogP contribution in [0.5, 0.6) is 11.5 Å². The van der Waals surface area contributed by atoms with E-state index < -0.39 is 6.09 Å². The number of ether oxygens (including phenoxy) is 5. The first kappa shape index (κ1) is 24.3. The number of piperidine rings is 1. The van der Waals surface area contributed by atoms with Crippen LogP contribution in [0.4, 0.5) is 4.79 Å². The average molecular weight is 472 g/mol. The molecule has 0 bridgehead atoms. The number of epoxide rings is 1. The molecule has 0 aromatic heterocycles. The Hall–Kier alpha value is -2.81. The molecule has 2 fully saturated rings. The summed E-state index contributed by atoms with van der Waals surface area (Å²) in [6.07, 6.45) is 0.581. The predicted molar refractivity (Wildman–Crippen MR) is 126 cm³/mol.